The molecule has 3 N–H and O–H groups in total. The van der Waals surface area contributed by atoms with E-state index >= 15 is 0 Å². The van der Waals surface area contributed by atoms with Crippen molar-refractivity contribution in [2.75, 3.05) is 11.1 Å². The van der Waals surface area contributed by atoms with Gasteiger partial charge in [-0.25, -0.2) is 0 Å². The van der Waals surface area contributed by atoms with Crippen LogP contribution in [0.15, 0.2) is 35.7 Å². The van der Waals surface area contributed by atoms with Crippen LogP contribution in [0.25, 0.3) is 0 Å². The number of nitrogen functional groups attached to an aromatic ring is 1. The van der Waals surface area contributed by atoms with Crippen molar-refractivity contribution in [1.29, 1.82) is 0 Å². The van der Waals surface area contributed by atoms with Crippen molar-refractivity contribution in [3.63, 3.8) is 0 Å². The Hall–Kier alpha value is -1.92. The van der Waals surface area contributed by atoms with Crippen molar-refractivity contribution in [2.24, 2.45) is 0 Å². The average molecular weight is 228 g/mol. The Morgan fingerprint density at radius 3 is 2.94 bits per heavy atom. The number of nitrogens with one attached hydrogen (secondary N) is 1. The lowest BCUT2D eigenvalue weighted by Gasteiger charge is -2.05. The van der Waals surface area contributed by atoms with E-state index in [0.29, 0.717) is 0 Å². The number of hydrogen-bond acceptors (Lipinski definition) is 3. The van der Waals surface area contributed by atoms with Crippen LogP contribution in [0.3, 0.4) is 0 Å². The van der Waals surface area contributed by atoms with Crippen LogP contribution in [0.4, 0.5) is 11.4 Å². The molecule has 0 atom stereocenters. The molecule has 0 aliphatic heterocycles. The highest BCUT2D eigenvalue weighted by atomic mass is 32.1. The molecule has 0 saturated heterocycles. The van der Waals surface area contributed by atoms with E-state index in [9.17, 15) is 0 Å². The Morgan fingerprint density at radius 2 is 2.25 bits per heavy atom. The second-order valence-electron chi connectivity index (χ2n) is 3.38. The van der Waals surface area contributed by atoms with Gasteiger partial charge >= 0.3 is 0 Å². The first kappa shape index (κ1) is 10.6. The summed E-state index contributed by atoms with van der Waals surface area (Å²) in [6.07, 6.45) is 5.34. The van der Waals surface area contributed by atoms with E-state index < -0.39 is 0 Å². The minimum atomic E-state index is 0.734. The number of hydrogen-bond donors (Lipinski definition) is 2. The highest BCUT2D eigenvalue weighted by Crippen LogP contribution is 2.20. The molecule has 3 heteroatoms. The number of rotatable bonds is 3. The summed E-state index contributed by atoms with van der Waals surface area (Å²) >= 11 is 1.65. The molecule has 2 aromatic rings. The SMILES string of the molecule is C#Cc1cccc(NCc2sccc2N)c1. The molecule has 0 amide bonds. The molecule has 1 aromatic heterocycles. The van der Waals surface area contributed by atoms with Crippen LogP contribution in [0, 0.1) is 12.3 Å². The van der Waals surface area contributed by atoms with Gasteiger partial charge in [0.2, 0.25) is 0 Å². The van der Waals surface area contributed by atoms with E-state index in [2.05, 4.69) is 11.2 Å². The topological polar surface area (TPSA) is 38.0 Å². The van der Waals surface area contributed by atoms with E-state index in [4.69, 9.17) is 12.2 Å². The van der Waals surface area contributed by atoms with Gasteiger partial charge in [-0.05, 0) is 29.6 Å². The van der Waals surface area contributed by atoms with Gasteiger partial charge in [0.25, 0.3) is 0 Å². The largest absolute Gasteiger partial charge is 0.398 e. The lowest BCUT2D eigenvalue weighted by molar-refractivity contribution is 1.19. The molecule has 0 bridgehead atoms. The van der Waals surface area contributed by atoms with Crippen molar-refractivity contribution in [2.45, 2.75) is 6.54 Å². The van der Waals surface area contributed by atoms with Crippen LogP contribution in [-0.2, 0) is 6.54 Å². The first-order chi connectivity index (χ1) is 7.79. The van der Waals surface area contributed by atoms with Gasteiger partial charge in [0.15, 0.2) is 0 Å². The number of anilines is 2. The molecule has 2 rings (SSSR count). The van der Waals surface area contributed by atoms with Crippen molar-refractivity contribution in [1.82, 2.24) is 0 Å². The van der Waals surface area contributed by atoms with Gasteiger partial charge in [0, 0.05) is 21.8 Å². The summed E-state index contributed by atoms with van der Waals surface area (Å²) in [4.78, 5) is 1.14. The summed E-state index contributed by atoms with van der Waals surface area (Å²) in [6, 6.07) is 9.70. The van der Waals surface area contributed by atoms with Crippen LogP contribution in [0.2, 0.25) is 0 Å². The van der Waals surface area contributed by atoms with Crippen molar-refractivity contribution in [3.8, 4) is 12.3 Å². The second kappa shape index (κ2) is 4.73. The lowest BCUT2D eigenvalue weighted by atomic mass is 10.2. The van der Waals surface area contributed by atoms with Crippen molar-refractivity contribution >= 4 is 22.7 Å². The quantitative estimate of drug-likeness (QED) is 0.793. The van der Waals surface area contributed by atoms with Crippen LogP contribution in [0.5, 0.6) is 0 Å². The summed E-state index contributed by atoms with van der Waals surface area (Å²) in [5.74, 6) is 2.61. The molecule has 0 unspecified atom stereocenters. The van der Waals surface area contributed by atoms with Gasteiger partial charge < -0.3 is 11.1 Å². The van der Waals surface area contributed by atoms with Crippen LogP contribution in [0.1, 0.15) is 10.4 Å². The van der Waals surface area contributed by atoms with E-state index in [-0.39, 0.29) is 0 Å². The van der Waals surface area contributed by atoms with Crippen LogP contribution >= 0.6 is 11.3 Å². The van der Waals surface area contributed by atoms with Crippen molar-refractivity contribution in [3.05, 3.63) is 46.2 Å². The van der Waals surface area contributed by atoms with E-state index in [1.165, 1.54) is 0 Å². The first-order valence-electron chi connectivity index (χ1n) is 4.92. The zero-order valence-corrected chi connectivity index (χ0v) is 9.55. The van der Waals surface area contributed by atoms with E-state index in [1.54, 1.807) is 11.3 Å². The fraction of sp³-hybridized carbons (Fsp3) is 0.0769. The number of nitrogens with two attached hydrogens (primary N) is 1. The molecule has 0 aliphatic rings. The number of thiophene rings is 1. The monoisotopic (exact) mass is 228 g/mol. The predicted octanol–water partition coefficient (Wildman–Crippen LogP) is 2.92. The molecule has 1 heterocycles. The fourth-order valence-electron chi connectivity index (χ4n) is 1.40. The Kier molecular flexibility index (Phi) is 3.13. The molecule has 0 aliphatic carbocycles. The summed E-state index contributed by atoms with van der Waals surface area (Å²) in [6.45, 7) is 0.734. The Labute approximate surface area is 99.1 Å². The minimum absolute atomic E-state index is 0.734. The molecule has 16 heavy (non-hydrogen) atoms. The molecule has 1 aromatic carbocycles. The highest BCUT2D eigenvalue weighted by Gasteiger charge is 2.00. The lowest BCUT2D eigenvalue weighted by Crippen LogP contribution is -1.99. The highest BCUT2D eigenvalue weighted by molar-refractivity contribution is 7.10. The third kappa shape index (κ3) is 2.36. The fourth-order valence-corrected chi connectivity index (χ4v) is 2.13. The standard InChI is InChI=1S/C13H12N2S/c1-2-10-4-3-5-11(8-10)15-9-13-12(14)6-7-16-13/h1,3-8,15H,9,14H2. The smallest absolute Gasteiger partial charge is 0.0514 e. The predicted molar refractivity (Wildman–Crippen MR) is 70.4 cm³/mol. The average Bonchev–Trinajstić information content (AvgIpc) is 2.72. The maximum absolute atomic E-state index is 5.80. The maximum Gasteiger partial charge on any atom is 0.0514 e. The molecule has 80 valence electrons. The van der Waals surface area contributed by atoms with Crippen molar-refractivity contribution < 1.29 is 0 Å². The van der Waals surface area contributed by atoms with Crippen LogP contribution in [-0.4, -0.2) is 0 Å². The zero-order chi connectivity index (χ0) is 11.4. The summed E-state index contributed by atoms with van der Waals surface area (Å²) in [7, 11) is 0. The molecule has 0 spiro atoms. The second-order valence-corrected chi connectivity index (χ2v) is 4.38. The molecule has 0 radical (unpaired) electrons. The third-order valence-corrected chi connectivity index (χ3v) is 3.20. The summed E-state index contributed by atoms with van der Waals surface area (Å²) < 4.78 is 0. The molecule has 0 saturated carbocycles. The molecular formula is C13H12N2S. The van der Waals surface area contributed by atoms with Crippen LogP contribution < -0.4 is 11.1 Å². The van der Waals surface area contributed by atoms with Gasteiger partial charge in [0.1, 0.15) is 0 Å². The van der Waals surface area contributed by atoms with Gasteiger partial charge in [-0.15, -0.1) is 17.8 Å². The Balaban J connectivity index is 2.05. The van der Waals surface area contributed by atoms with Gasteiger partial charge in [0.05, 0.1) is 6.54 Å². The number of benzene rings is 1. The van der Waals surface area contributed by atoms with Gasteiger partial charge in [-0.1, -0.05) is 12.0 Å². The molecular weight excluding hydrogens is 216 g/mol. The minimum Gasteiger partial charge on any atom is -0.398 e. The van der Waals surface area contributed by atoms with E-state index in [1.807, 2.05) is 35.7 Å². The Bertz CT molecular complexity index is 523. The summed E-state index contributed by atoms with van der Waals surface area (Å²) in [5.41, 5.74) is 8.53. The third-order valence-electron chi connectivity index (χ3n) is 2.26. The van der Waals surface area contributed by atoms with E-state index in [0.717, 1.165) is 28.4 Å². The number of terminal acetylenes is 1. The molecule has 0 fully saturated rings. The zero-order valence-electron chi connectivity index (χ0n) is 8.73. The normalized spacial score (nSPS) is 9.69. The first-order valence-corrected chi connectivity index (χ1v) is 5.80. The molecule has 2 nitrogen and oxygen atoms in total. The summed E-state index contributed by atoms with van der Waals surface area (Å²) in [5, 5.41) is 5.29. The Morgan fingerprint density at radius 1 is 1.38 bits per heavy atom. The maximum atomic E-state index is 5.80. The van der Waals surface area contributed by atoms with Gasteiger partial charge in [-0.3, -0.25) is 0 Å². The van der Waals surface area contributed by atoms with Gasteiger partial charge in [-0.2, -0.15) is 0 Å².